The van der Waals surface area contributed by atoms with Crippen molar-refractivity contribution in [2.24, 2.45) is 5.92 Å². The van der Waals surface area contributed by atoms with E-state index in [1.165, 1.54) is 24.3 Å². The van der Waals surface area contributed by atoms with Crippen molar-refractivity contribution in [3.63, 3.8) is 0 Å². The summed E-state index contributed by atoms with van der Waals surface area (Å²) in [5, 5.41) is 5.40. The van der Waals surface area contributed by atoms with E-state index in [-0.39, 0.29) is 18.4 Å². The summed E-state index contributed by atoms with van der Waals surface area (Å²) in [6, 6.07) is 13.9. The molecule has 26 heavy (non-hydrogen) atoms. The van der Waals surface area contributed by atoms with Crippen LogP contribution in [0.25, 0.3) is 0 Å². The van der Waals surface area contributed by atoms with Crippen LogP contribution in [0.4, 0.5) is 4.39 Å². The molecule has 0 spiro atoms. The second-order valence-corrected chi connectivity index (χ2v) is 6.09. The Labute approximate surface area is 152 Å². The maximum atomic E-state index is 13.0. The topological polar surface area (TPSA) is 58.2 Å². The number of nitrogens with one attached hydrogen (secondary N) is 2. The van der Waals surface area contributed by atoms with Crippen LogP contribution in [0, 0.1) is 23.6 Å². The summed E-state index contributed by atoms with van der Waals surface area (Å²) in [7, 11) is 0. The first-order chi connectivity index (χ1) is 12.5. The largest absolute Gasteiger partial charge is 0.343 e. The van der Waals surface area contributed by atoms with Crippen molar-refractivity contribution in [2.75, 3.05) is 6.54 Å². The molecule has 0 saturated carbocycles. The maximum Gasteiger partial charge on any atom is 0.251 e. The minimum Gasteiger partial charge on any atom is -0.343 e. The summed E-state index contributed by atoms with van der Waals surface area (Å²) in [6.45, 7) is 3.86. The summed E-state index contributed by atoms with van der Waals surface area (Å²) in [5.41, 5.74) is 1.17. The van der Waals surface area contributed by atoms with E-state index in [0.717, 1.165) is 5.56 Å². The predicted octanol–water partition coefficient (Wildman–Crippen LogP) is 2.75. The molecule has 0 fully saturated rings. The first-order valence-corrected chi connectivity index (χ1v) is 8.35. The van der Waals surface area contributed by atoms with Gasteiger partial charge in [0.1, 0.15) is 11.9 Å². The highest BCUT2D eigenvalue weighted by molar-refractivity contribution is 5.97. The Kier molecular flexibility index (Phi) is 6.92. The molecule has 0 saturated heterocycles. The number of amides is 2. The Hall–Kier alpha value is -3.13. The molecular weight excluding hydrogens is 331 g/mol. The lowest BCUT2D eigenvalue weighted by molar-refractivity contribution is -0.123. The van der Waals surface area contributed by atoms with Crippen LogP contribution in [0.15, 0.2) is 54.6 Å². The molecule has 0 aliphatic carbocycles. The van der Waals surface area contributed by atoms with Gasteiger partial charge in [0.2, 0.25) is 5.91 Å². The number of halogens is 1. The number of carbonyl (C=O) groups is 2. The van der Waals surface area contributed by atoms with E-state index in [4.69, 9.17) is 0 Å². The predicted molar refractivity (Wildman–Crippen MR) is 98.8 cm³/mol. The second kappa shape index (κ2) is 9.38. The quantitative estimate of drug-likeness (QED) is 0.813. The SMILES string of the molecule is CC(C)C(NC(=O)c1ccc(F)cc1)C(=O)NCC#Cc1ccccc1. The van der Waals surface area contributed by atoms with Gasteiger partial charge in [0.15, 0.2) is 0 Å². The van der Waals surface area contributed by atoms with Gasteiger partial charge < -0.3 is 10.6 Å². The highest BCUT2D eigenvalue weighted by Gasteiger charge is 2.24. The third-order valence-corrected chi connectivity index (χ3v) is 3.70. The Morgan fingerprint density at radius 1 is 1.04 bits per heavy atom. The monoisotopic (exact) mass is 352 g/mol. The van der Waals surface area contributed by atoms with Gasteiger partial charge in [-0.15, -0.1) is 0 Å². The van der Waals surface area contributed by atoms with Gasteiger partial charge in [0.05, 0.1) is 6.54 Å². The fourth-order valence-electron chi connectivity index (χ4n) is 2.27. The zero-order valence-electron chi connectivity index (χ0n) is 14.8. The molecule has 134 valence electrons. The smallest absolute Gasteiger partial charge is 0.251 e. The highest BCUT2D eigenvalue weighted by Crippen LogP contribution is 2.06. The molecule has 0 aliphatic rings. The van der Waals surface area contributed by atoms with Gasteiger partial charge in [0, 0.05) is 11.1 Å². The Morgan fingerprint density at radius 3 is 2.31 bits per heavy atom. The first-order valence-electron chi connectivity index (χ1n) is 8.35. The Bertz CT molecular complexity index is 805. The minimum absolute atomic E-state index is 0.110. The van der Waals surface area contributed by atoms with Gasteiger partial charge in [-0.2, -0.15) is 0 Å². The van der Waals surface area contributed by atoms with Gasteiger partial charge in [0.25, 0.3) is 5.91 Å². The van der Waals surface area contributed by atoms with Crippen LogP contribution in [0.1, 0.15) is 29.8 Å². The molecule has 1 atom stereocenters. The lowest BCUT2D eigenvalue weighted by Gasteiger charge is -2.21. The van der Waals surface area contributed by atoms with Crippen molar-refractivity contribution in [1.29, 1.82) is 0 Å². The average Bonchev–Trinajstić information content (AvgIpc) is 2.64. The van der Waals surface area contributed by atoms with E-state index in [1.807, 2.05) is 44.2 Å². The standard InChI is InChI=1S/C21H21FN2O2/c1-15(2)19(24-20(25)17-10-12-18(22)13-11-17)21(26)23-14-6-9-16-7-4-3-5-8-16/h3-5,7-8,10-13,15,19H,14H2,1-2H3,(H,23,26)(H,24,25). The average molecular weight is 352 g/mol. The number of rotatable bonds is 5. The van der Waals surface area contributed by atoms with Crippen LogP contribution in [-0.2, 0) is 4.79 Å². The molecule has 0 bridgehead atoms. The number of carbonyl (C=O) groups excluding carboxylic acids is 2. The van der Waals surface area contributed by atoms with Gasteiger partial charge in [-0.3, -0.25) is 9.59 Å². The third-order valence-electron chi connectivity index (χ3n) is 3.70. The molecule has 2 aromatic carbocycles. The highest BCUT2D eigenvalue weighted by atomic mass is 19.1. The van der Waals surface area contributed by atoms with E-state index >= 15 is 0 Å². The molecule has 2 rings (SSSR count). The van der Waals surface area contributed by atoms with Gasteiger partial charge in [-0.05, 0) is 42.3 Å². The Balaban J connectivity index is 1.93. The van der Waals surface area contributed by atoms with Gasteiger partial charge in [-0.25, -0.2) is 4.39 Å². The van der Waals surface area contributed by atoms with Crippen LogP contribution in [0.5, 0.6) is 0 Å². The lowest BCUT2D eigenvalue weighted by atomic mass is 10.0. The van der Waals surface area contributed by atoms with Crippen LogP contribution in [-0.4, -0.2) is 24.4 Å². The number of hydrogen-bond acceptors (Lipinski definition) is 2. The molecule has 2 N–H and O–H groups in total. The molecule has 2 aromatic rings. The van der Waals surface area contributed by atoms with Gasteiger partial charge in [-0.1, -0.05) is 43.9 Å². The molecule has 1 unspecified atom stereocenters. The molecule has 4 nitrogen and oxygen atoms in total. The van der Waals surface area contributed by atoms with Crippen molar-refractivity contribution in [3.8, 4) is 11.8 Å². The van der Waals surface area contributed by atoms with Crippen molar-refractivity contribution < 1.29 is 14.0 Å². The van der Waals surface area contributed by atoms with Crippen LogP contribution >= 0.6 is 0 Å². The van der Waals surface area contributed by atoms with Gasteiger partial charge >= 0.3 is 0 Å². The summed E-state index contributed by atoms with van der Waals surface area (Å²) in [5.74, 6) is 4.57. The zero-order chi connectivity index (χ0) is 18.9. The molecule has 0 aromatic heterocycles. The first kappa shape index (κ1) is 19.2. The summed E-state index contributed by atoms with van der Waals surface area (Å²) in [6.07, 6.45) is 0. The van der Waals surface area contributed by atoms with E-state index in [9.17, 15) is 14.0 Å². The van der Waals surface area contributed by atoms with Crippen molar-refractivity contribution in [3.05, 3.63) is 71.5 Å². The zero-order valence-corrected chi connectivity index (χ0v) is 14.8. The molecule has 2 amide bonds. The van der Waals surface area contributed by atoms with E-state index < -0.39 is 17.8 Å². The van der Waals surface area contributed by atoms with E-state index in [0.29, 0.717) is 5.56 Å². The van der Waals surface area contributed by atoms with Crippen LogP contribution in [0.2, 0.25) is 0 Å². The molecule has 5 heteroatoms. The molecule has 0 aliphatic heterocycles. The molecular formula is C21H21FN2O2. The van der Waals surface area contributed by atoms with Crippen molar-refractivity contribution in [2.45, 2.75) is 19.9 Å². The fraction of sp³-hybridized carbons (Fsp3) is 0.238. The molecule has 0 heterocycles. The lowest BCUT2D eigenvalue weighted by Crippen LogP contribution is -2.49. The summed E-state index contributed by atoms with van der Waals surface area (Å²) < 4.78 is 13.0. The van der Waals surface area contributed by atoms with Crippen molar-refractivity contribution in [1.82, 2.24) is 10.6 Å². The Morgan fingerprint density at radius 2 is 1.69 bits per heavy atom. The number of hydrogen-bond donors (Lipinski definition) is 2. The van der Waals surface area contributed by atoms with Crippen molar-refractivity contribution >= 4 is 11.8 Å². The molecule has 0 radical (unpaired) electrons. The second-order valence-electron chi connectivity index (χ2n) is 6.09. The fourth-order valence-corrected chi connectivity index (χ4v) is 2.27. The summed E-state index contributed by atoms with van der Waals surface area (Å²) in [4.78, 5) is 24.6. The van der Waals surface area contributed by atoms with Crippen LogP contribution < -0.4 is 10.6 Å². The van der Waals surface area contributed by atoms with Crippen LogP contribution in [0.3, 0.4) is 0 Å². The maximum absolute atomic E-state index is 13.0. The number of benzene rings is 2. The minimum atomic E-state index is -0.703. The third kappa shape index (κ3) is 5.75. The summed E-state index contributed by atoms with van der Waals surface area (Å²) >= 11 is 0. The van der Waals surface area contributed by atoms with E-state index in [2.05, 4.69) is 22.5 Å². The normalized spacial score (nSPS) is 11.2. The van der Waals surface area contributed by atoms with E-state index in [1.54, 1.807) is 0 Å².